The van der Waals surface area contributed by atoms with E-state index in [2.05, 4.69) is 4.98 Å². The quantitative estimate of drug-likeness (QED) is 0.563. The van der Waals surface area contributed by atoms with E-state index in [-0.39, 0.29) is 17.8 Å². The molecule has 0 spiro atoms. The van der Waals surface area contributed by atoms with Crippen molar-refractivity contribution in [2.45, 2.75) is 26.4 Å². The second-order valence-corrected chi connectivity index (χ2v) is 8.33. The number of methoxy groups -OCH3 is 2. The molecular formula is C23H26FN3O3S. The molecule has 0 fully saturated rings. The van der Waals surface area contributed by atoms with Gasteiger partial charge in [0.05, 0.1) is 24.1 Å². The fraction of sp³-hybridized carbons (Fsp3) is 0.304. The Balaban J connectivity index is 1.97. The van der Waals surface area contributed by atoms with E-state index in [4.69, 9.17) is 15.2 Å². The number of rotatable bonds is 8. The summed E-state index contributed by atoms with van der Waals surface area (Å²) in [5, 5.41) is 0.758. The van der Waals surface area contributed by atoms with Crippen molar-refractivity contribution in [3.8, 4) is 21.9 Å². The van der Waals surface area contributed by atoms with Gasteiger partial charge in [-0.05, 0) is 49.2 Å². The number of halogens is 1. The third kappa shape index (κ3) is 5.03. The molecule has 1 heterocycles. The molecular weight excluding hydrogens is 417 g/mol. The van der Waals surface area contributed by atoms with Crippen LogP contribution in [0.5, 0.6) is 11.5 Å². The molecule has 1 aromatic heterocycles. The Labute approximate surface area is 185 Å². The Morgan fingerprint density at radius 3 is 2.45 bits per heavy atom. The molecule has 0 saturated carbocycles. The predicted molar refractivity (Wildman–Crippen MR) is 120 cm³/mol. The van der Waals surface area contributed by atoms with Crippen molar-refractivity contribution in [1.29, 1.82) is 0 Å². The number of nitrogens with two attached hydrogens (primary N) is 1. The summed E-state index contributed by atoms with van der Waals surface area (Å²) in [6.07, 6.45) is 0. The van der Waals surface area contributed by atoms with Gasteiger partial charge in [-0.1, -0.05) is 18.2 Å². The minimum Gasteiger partial charge on any atom is -0.493 e. The molecule has 1 amide bonds. The maximum atomic E-state index is 13.6. The zero-order valence-corrected chi connectivity index (χ0v) is 18.8. The first-order valence-corrected chi connectivity index (χ1v) is 10.6. The van der Waals surface area contributed by atoms with E-state index < -0.39 is 0 Å². The predicted octanol–water partition coefficient (Wildman–Crippen LogP) is 4.26. The van der Waals surface area contributed by atoms with Gasteiger partial charge in [-0.3, -0.25) is 4.79 Å². The minimum atomic E-state index is -0.329. The first-order chi connectivity index (χ1) is 14.9. The Bertz CT molecular complexity index is 1050. The van der Waals surface area contributed by atoms with Crippen LogP contribution in [0, 0.1) is 12.7 Å². The van der Waals surface area contributed by atoms with Gasteiger partial charge in [-0.15, -0.1) is 11.3 Å². The molecule has 0 saturated heterocycles. The highest BCUT2D eigenvalue weighted by atomic mass is 32.1. The summed E-state index contributed by atoms with van der Waals surface area (Å²) in [6, 6.07) is 11.4. The van der Waals surface area contributed by atoms with E-state index in [1.165, 1.54) is 23.5 Å². The number of thiazole rings is 1. The monoisotopic (exact) mass is 443 g/mol. The number of carbonyl (C=O) groups excluding carboxylic acids is 1. The topological polar surface area (TPSA) is 77.7 Å². The molecule has 164 valence electrons. The molecule has 0 bridgehead atoms. The maximum absolute atomic E-state index is 13.6. The van der Waals surface area contributed by atoms with Crippen LogP contribution in [0.4, 0.5) is 4.39 Å². The highest BCUT2D eigenvalue weighted by molar-refractivity contribution is 7.15. The van der Waals surface area contributed by atoms with Gasteiger partial charge in [0.2, 0.25) is 0 Å². The lowest BCUT2D eigenvalue weighted by molar-refractivity contribution is 0.0677. The molecule has 3 aromatic rings. The zero-order valence-electron chi connectivity index (χ0n) is 18.0. The van der Waals surface area contributed by atoms with Crippen LogP contribution in [0.15, 0.2) is 42.5 Å². The Hall–Kier alpha value is -2.97. The van der Waals surface area contributed by atoms with Crippen molar-refractivity contribution in [2.24, 2.45) is 5.73 Å². The molecule has 2 N–H and O–H groups in total. The number of hydrogen-bond acceptors (Lipinski definition) is 6. The number of amides is 1. The number of hydrogen-bond donors (Lipinski definition) is 1. The number of ether oxygens (including phenoxy) is 2. The standard InChI is InChI=1S/C23H26FN3O3S/c1-14(12-25)27(13-16-5-10-19(29-3)20(11-16)30-4)23(28)21-22(31-15(2)26-21)17-6-8-18(24)9-7-17/h5-11,14H,12-13,25H2,1-4H3/t14-/m1/s1. The summed E-state index contributed by atoms with van der Waals surface area (Å²) in [5.41, 5.74) is 7.89. The first kappa shape index (κ1) is 22.7. The lowest BCUT2D eigenvalue weighted by Crippen LogP contribution is -2.42. The van der Waals surface area contributed by atoms with Crippen LogP contribution in [-0.4, -0.2) is 42.6 Å². The molecule has 3 rings (SSSR count). The molecule has 0 aliphatic rings. The van der Waals surface area contributed by atoms with Crippen molar-refractivity contribution in [3.05, 3.63) is 64.5 Å². The van der Waals surface area contributed by atoms with E-state index in [0.29, 0.717) is 35.2 Å². The second-order valence-electron chi connectivity index (χ2n) is 7.12. The van der Waals surface area contributed by atoms with Crippen LogP contribution in [0.2, 0.25) is 0 Å². The van der Waals surface area contributed by atoms with Crippen LogP contribution < -0.4 is 15.2 Å². The third-order valence-corrected chi connectivity index (χ3v) is 6.00. The van der Waals surface area contributed by atoms with Gasteiger partial charge in [-0.25, -0.2) is 9.37 Å². The zero-order chi connectivity index (χ0) is 22.5. The largest absolute Gasteiger partial charge is 0.493 e. The lowest BCUT2D eigenvalue weighted by atomic mass is 10.1. The summed E-state index contributed by atoms with van der Waals surface area (Å²) in [5.74, 6) is 0.648. The van der Waals surface area contributed by atoms with Crippen LogP contribution in [0.1, 0.15) is 28.0 Å². The highest BCUT2D eigenvalue weighted by Crippen LogP contribution is 2.33. The van der Waals surface area contributed by atoms with Crippen LogP contribution in [-0.2, 0) is 6.54 Å². The van der Waals surface area contributed by atoms with Gasteiger partial charge >= 0.3 is 0 Å². The van der Waals surface area contributed by atoms with E-state index >= 15 is 0 Å². The van der Waals surface area contributed by atoms with Crippen molar-refractivity contribution in [1.82, 2.24) is 9.88 Å². The van der Waals surface area contributed by atoms with Crippen LogP contribution >= 0.6 is 11.3 Å². The normalized spacial score (nSPS) is 11.8. The summed E-state index contributed by atoms with van der Waals surface area (Å²) >= 11 is 1.41. The van der Waals surface area contributed by atoms with Crippen LogP contribution in [0.25, 0.3) is 10.4 Å². The van der Waals surface area contributed by atoms with E-state index in [9.17, 15) is 9.18 Å². The van der Waals surface area contributed by atoms with Gasteiger partial charge in [0.15, 0.2) is 11.5 Å². The number of nitrogens with zero attached hydrogens (tertiary/aromatic N) is 2. The van der Waals surface area contributed by atoms with Gasteiger partial charge in [0.25, 0.3) is 5.91 Å². The Morgan fingerprint density at radius 2 is 1.84 bits per heavy atom. The molecule has 0 aliphatic carbocycles. The molecule has 31 heavy (non-hydrogen) atoms. The smallest absolute Gasteiger partial charge is 0.274 e. The fourth-order valence-electron chi connectivity index (χ4n) is 3.24. The Morgan fingerprint density at radius 1 is 1.16 bits per heavy atom. The molecule has 0 unspecified atom stereocenters. The van der Waals surface area contributed by atoms with E-state index in [1.54, 1.807) is 37.3 Å². The SMILES string of the molecule is COc1ccc(CN(C(=O)c2nc(C)sc2-c2ccc(F)cc2)[C@H](C)CN)cc1OC. The Kier molecular flexibility index (Phi) is 7.25. The molecule has 0 aliphatic heterocycles. The molecule has 8 heteroatoms. The molecule has 1 atom stereocenters. The second kappa shape index (κ2) is 9.89. The number of aryl methyl sites for hydroxylation is 1. The average molecular weight is 444 g/mol. The summed E-state index contributed by atoms with van der Waals surface area (Å²) in [4.78, 5) is 20.5. The highest BCUT2D eigenvalue weighted by Gasteiger charge is 2.27. The van der Waals surface area contributed by atoms with Gasteiger partial charge < -0.3 is 20.1 Å². The molecule has 0 radical (unpaired) electrons. The summed E-state index contributed by atoms with van der Waals surface area (Å²) in [6.45, 7) is 4.37. The number of carbonyl (C=O) groups is 1. The maximum Gasteiger partial charge on any atom is 0.274 e. The molecule has 2 aromatic carbocycles. The number of aromatic nitrogens is 1. The van der Waals surface area contributed by atoms with Crippen LogP contribution in [0.3, 0.4) is 0 Å². The van der Waals surface area contributed by atoms with Crippen molar-refractivity contribution in [2.75, 3.05) is 20.8 Å². The fourth-order valence-corrected chi connectivity index (χ4v) is 4.15. The minimum absolute atomic E-state index is 0.219. The third-order valence-electron chi connectivity index (χ3n) is 4.98. The average Bonchev–Trinajstić information content (AvgIpc) is 3.18. The van der Waals surface area contributed by atoms with E-state index in [0.717, 1.165) is 16.1 Å². The molecule has 6 nitrogen and oxygen atoms in total. The van der Waals surface area contributed by atoms with Gasteiger partial charge in [0, 0.05) is 19.1 Å². The van der Waals surface area contributed by atoms with Crippen molar-refractivity contribution >= 4 is 17.2 Å². The van der Waals surface area contributed by atoms with E-state index in [1.807, 2.05) is 26.0 Å². The van der Waals surface area contributed by atoms with Gasteiger partial charge in [0.1, 0.15) is 11.5 Å². The summed E-state index contributed by atoms with van der Waals surface area (Å²) in [7, 11) is 3.14. The summed E-state index contributed by atoms with van der Waals surface area (Å²) < 4.78 is 24.1. The van der Waals surface area contributed by atoms with Crippen molar-refractivity contribution in [3.63, 3.8) is 0 Å². The lowest BCUT2D eigenvalue weighted by Gasteiger charge is -2.28. The van der Waals surface area contributed by atoms with Gasteiger partial charge in [-0.2, -0.15) is 0 Å². The number of benzene rings is 2. The van der Waals surface area contributed by atoms with Crippen molar-refractivity contribution < 1.29 is 18.7 Å². The first-order valence-electron chi connectivity index (χ1n) is 9.83.